The van der Waals surface area contributed by atoms with Gasteiger partial charge in [0.2, 0.25) is 5.27 Å². The summed E-state index contributed by atoms with van der Waals surface area (Å²) in [5.41, 5.74) is 0.861. The van der Waals surface area contributed by atoms with Gasteiger partial charge in [0.05, 0.1) is 6.54 Å². The highest BCUT2D eigenvalue weighted by molar-refractivity contribution is 5.71. The van der Waals surface area contributed by atoms with Crippen LogP contribution in [0, 0.1) is 0 Å². The van der Waals surface area contributed by atoms with Gasteiger partial charge >= 0.3 is 5.88 Å². The van der Waals surface area contributed by atoms with E-state index in [0.717, 1.165) is 18.5 Å². The summed E-state index contributed by atoms with van der Waals surface area (Å²) in [6.07, 6.45) is 5.98. The van der Waals surface area contributed by atoms with Gasteiger partial charge in [0.25, 0.3) is 5.69 Å². The van der Waals surface area contributed by atoms with Gasteiger partial charge in [-0.2, -0.15) is 0 Å². The summed E-state index contributed by atoms with van der Waals surface area (Å²) in [6.45, 7) is 2.02. The fourth-order valence-electron chi connectivity index (χ4n) is 2.45. The van der Waals surface area contributed by atoms with E-state index < -0.39 is 0 Å². The van der Waals surface area contributed by atoms with Crippen molar-refractivity contribution in [3.8, 4) is 0 Å². The van der Waals surface area contributed by atoms with Crippen LogP contribution in [-0.4, -0.2) is 18.2 Å². The Morgan fingerprint density at radius 3 is 2.83 bits per heavy atom. The third kappa shape index (κ3) is 2.87. The van der Waals surface area contributed by atoms with E-state index in [9.17, 15) is 5.11 Å². The van der Waals surface area contributed by atoms with Crippen molar-refractivity contribution in [2.24, 2.45) is 4.99 Å². The molecule has 1 aliphatic rings. The molecule has 0 atom stereocenters. The molecule has 2 rings (SSSR count). The van der Waals surface area contributed by atoms with Gasteiger partial charge in [-0.25, -0.2) is 4.99 Å². The summed E-state index contributed by atoms with van der Waals surface area (Å²) >= 11 is 0. The maximum atomic E-state index is 11.1. The molecule has 0 unspecified atom stereocenters. The highest BCUT2D eigenvalue weighted by Crippen LogP contribution is 2.26. The minimum atomic E-state index is -0.265. The molecule has 6 heteroatoms. The molecule has 1 aromatic heterocycles. The van der Waals surface area contributed by atoms with Crippen molar-refractivity contribution in [3.63, 3.8) is 0 Å². The Labute approximate surface area is 107 Å². The summed E-state index contributed by atoms with van der Waals surface area (Å²) in [7, 11) is 1.86. The topological polar surface area (TPSA) is 77.4 Å². The van der Waals surface area contributed by atoms with Crippen molar-refractivity contribution in [3.05, 3.63) is 5.69 Å². The molecule has 1 heterocycles. The van der Waals surface area contributed by atoms with Gasteiger partial charge in [-0.3, -0.25) is 4.52 Å². The van der Waals surface area contributed by atoms with Gasteiger partial charge < -0.3 is 10.4 Å². The van der Waals surface area contributed by atoms with Crippen LogP contribution in [0.25, 0.3) is 0 Å². The minimum absolute atomic E-state index is 0.265. The molecule has 0 amide bonds. The van der Waals surface area contributed by atoms with E-state index in [-0.39, 0.29) is 5.90 Å². The van der Waals surface area contributed by atoms with E-state index in [4.69, 9.17) is 4.52 Å². The minimum Gasteiger partial charge on any atom is -0.862 e. The van der Waals surface area contributed by atoms with Crippen LogP contribution in [0.1, 0.15) is 50.8 Å². The third-order valence-corrected chi connectivity index (χ3v) is 3.26. The van der Waals surface area contributed by atoms with Crippen LogP contribution in [0.15, 0.2) is 9.52 Å². The molecule has 100 valence electrons. The van der Waals surface area contributed by atoms with Crippen molar-refractivity contribution >= 4 is 11.8 Å². The normalized spacial score (nSPS) is 18.2. The molecule has 1 fully saturated rings. The van der Waals surface area contributed by atoms with E-state index >= 15 is 0 Å². The maximum absolute atomic E-state index is 11.1. The number of aromatic nitrogens is 2. The lowest BCUT2D eigenvalue weighted by atomic mass is 9.95. The van der Waals surface area contributed by atoms with Crippen molar-refractivity contribution in [1.29, 1.82) is 0 Å². The molecule has 0 radical (unpaired) electrons. The lowest BCUT2D eigenvalue weighted by Crippen LogP contribution is -2.46. The second-order valence-electron chi connectivity index (χ2n) is 4.72. The van der Waals surface area contributed by atoms with Crippen molar-refractivity contribution < 1.29 is 14.3 Å². The first-order valence-corrected chi connectivity index (χ1v) is 6.49. The molecule has 6 nitrogen and oxygen atoms in total. The molecule has 0 bridgehead atoms. The molecule has 1 N–H and O–H groups in total. The van der Waals surface area contributed by atoms with Gasteiger partial charge in [0, 0.05) is 12.8 Å². The molecule has 1 aliphatic carbocycles. The van der Waals surface area contributed by atoms with Gasteiger partial charge in [-0.05, 0) is 37.4 Å². The third-order valence-electron chi connectivity index (χ3n) is 3.26. The zero-order valence-electron chi connectivity index (χ0n) is 11.0. The molecular formula is C12H20N4O2. The van der Waals surface area contributed by atoms with Crippen molar-refractivity contribution in [2.75, 3.05) is 7.05 Å². The van der Waals surface area contributed by atoms with Gasteiger partial charge in [0.1, 0.15) is 0 Å². The predicted molar refractivity (Wildman–Crippen MR) is 64.4 cm³/mol. The van der Waals surface area contributed by atoms with Crippen LogP contribution in [0.4, 0.5) is 5.88 Å². The van der Waals surface area contributed by atoms with E-state index in [2.05, 4.69) is 15.6 Å². The Morgan fingerprint density at radius 2 is 2.22 bits per heavy atom. The Balaban J connectivity index is 2.28. The standard InChI is InChI=1S/C12H20N4O2/c1-9(17)14-12-11(8-13-2)16(15-18-12)10-6-4-3-5-7-10/h10,13H,3-8H2,1-2H3. The summed E-state index contributed by atoms with van der Waals surface area (Å²) in [4.78, 5) is 3.86. The summed E-state index contributed by atoms with van der Waals surface area (Å²) in [5.74, 6) is 0.0710. The van der Waals surface area contributed by atoms with Crippen molar-refractivity contribution in [1.82, 2.24) is 10.6 Å². The van der Waals surface area contributed by atoms with Crippen LogP contribution < -0.4 is 15.1 Å². The molecule has 1 saturated carbocycles. The molecular weight excluding hydrogens is 232 g/mol. The number of aliphatic imine (C=N–C) groups is 1. The van der Waals surface area contributed by atoms with E-state index in [1.807, 2.05) is 11.7 Å². The summed E-state index contributed by atoms with van der Waals surface area (Å²) < 4.78 is 7.10. The van der Waals surface area contributed by atoms with Crippen molar-refractivity contribution in [2.45, 2.75) is 51.6 Å². The first-order valence-electron chi connectivity index (χ1n) is 6.49. The van der Waals surface area contributed by atoms with Gasteiger partial charge in [-0.1, -0.05) is 6.42 Å². The average Bonchev–Trinajstić information content (AvgIpc) is 2.73. The fraction of sp³-hybridized carbons (Fsp3) is 0.750. The average molecular weight is 252 g/mol. The zero-order chi connectivity index (χ0) is 13.0. The zero-order valence-corrected chi connectivity index (χ0v) is 11.0. The molecule has 0 aromatic carbocycles. The van der Waals surface area contributed by atoms with Crippen LogP contribution in [-0.2, 0) is 6.54 Å². The first-order chi connectivity index (χ1) is 8.72. The van der Waals surface area contributed by atoms with Crippen LogP contribution in [0.5, 0.6) is 0 Å². The fourth-order valence-corrected chi connectivity index (χ4v) is 2.45. The number of nitrogens with zero attached hydrogens (tertiary/aromatic N) is 3. The number of nitrogens with one attached hydrogen (secondary N) is 1. The molecule has 18 heavy (non-hydrogen) atoms. The molecule has 0 aliphatic heterocycles. The smallest absolute Gasteiger partial charge is 0.325 e. The van der Waals surface area contributed by atoms with Crippen LogP contribution >= 0.6 is 0 Å². The summed E-state index contributed by atoms with van der Waals surface area (Å²) in [5, 5.41) is 18.2. The SMILES string of the molecule is CNCc1c(/N=C(/C)[O-])on[n+]1C1CCCCC1. The first kappa shape index (κ1) is 13.0. The van der Waals surface area contributed by atoms with E-state index in [1.165, 1.54) is 26.2 Å². The van der Waals surface area contributed by atoms with Gasteiger partial charge in [-0.15, -0.1) is 0 Å². The number of hydrogen-bond acceptors (Lipinski definition) is 5. The highest BCUT2D eigenvalue weighted by atomic mass is 16.5. The van der Waals surface area contributed by atoms with Crippen LogP contribution in [0.2, 0.25) is 0 Å². The highest BCUT2D eigenvalue weighted by Gasteiger charge is 2.32. The Kier molecular flexibility index (Phi) is 4.30. The predicted octanol–water partition coefficient (Wildman–Crippen LogP) is 0.597. The second-order valence-corrected chi connectivity index (χ2v) is 4.72. The number of hydrogen-bond donors (Lipinski definition) is 1. The largest absolute Gasteiger partial charge is 0.862 e. The van der Waals surface area contributed by atoms with Crippen LogP contribution in [0.3, 0.4) is 0 Å². The lowest BCUT2D eigenvalue weighted by molar-refractivity contribution is -0.793. The molecule has 1 aromatic rings. The monoisotopic (exact) mass is 252 g/mol. The Bertz CT molecular complexity index is 418. The summed E-state index contributed by atoms with van der Waals surface area (Å²) in [6, 6.07) is 0.377. The lowest BCUT2D eigenvalue weighted by Gasteiger charge is -2.14. The molecule has 0 spiro atoms. The maximum Gasteiger partial charge on any atom is 0.325 e. The second kappa shape index (κ2) is 5.95. The van der Waals surface area contributed by atoms with E-state index in [1.54, 1.807) is 0 Å². The number of rotatable bonds is 4. The van der Waals surface area contributed by atoms with E-state index in [0.29, 0.717) is 18.5 Å². The quantitative estimate of drug-likeness (QED) is 0.483. The van der Waals surface area contributed by atoms with Gasteiger partial charge in [0.15, 0.2) is 6.04 Å². The Hall–Kier alpha value is -1.43. The molecule has 0 saturated heterocycles. The Morgan fingerprint density at radius 1 is 1.50 bits per heavy atom.